The van der Waals surface area contributed by atoms with Crippen LogP contribution in [0.4, 0.5) is 0 Å². The van der Waals surface area contributed by atoms with Crippen molar-refractivity contribution >= 4 is 17.5 Å². The van der Waals surface area contributed by atoms with Crippen LogP contribution in [0.25, 0.3) is 0 Å². The second-order valence-corrected chi connectivity index (χ2v) is 7.86. The number of amides is 1. The lowest BCUT2D eigenvalue weighted by Gasteiger charge is -2.34. The zero-order chi connectivity index (χ0) is 21.6. The molecule has 0 aliphatic carbocycles. The highest BCUT2D eigenvalue weighted by Crippen LogP contribution is 2.20. The van der Waals surface area contributed by atoms with E-state index < -0.39 is 0 Å². The normalized spacial score (nSPS) is 14.5. The van der Waals surface area contributed by atoms with Crippen molar-refractivity contribution in [3.8, 4) is 11.5 Å². The van der Waals surface area contributed by atoms with E-state index in [9.17, 15) is 4.79 Å². The Morgan fingerprint density at radius 1 is 0.935 bits per heavy atom. The zero-order valence-electron chi connectivity index (χ0n) is 17.4. The van der Waals surface area contributed by atoms with E-state index in [0.717, 1.165) is 30.4 Å². The minimum absolute atomic E-state index is 0.0816. The topological polar surface area (TPSA) is 55.2 Å². The average molecular weight is 441 g/mol. The van der Waals surface area contributed by atoms with Crippen LogP contribution in [0.1, 0.15) is 21.9 Å². The summed E-state index contributed by atoms with van der Waals surface area (Å²) in [4.78, 5) is 17.0. The third kappa shape index (κ3) is 5.60. The average Bonchev–Trinajstić information content (AvgIpc) is 3.29. The summed E-state index contributed by atoms with van der Waals surface area (Å²) in [6, 6.07) is 18.7. The van der Waals surface area contributed by atoms with Gasteiger partial charge in [0.2, 0.25) is 0 Å². The van der Waals surface area contributed by atoms with E-state index in [1.165, 1.54) is 5.56 Å². The molecular formula is C24H25ClN2O4. The van der Waals surface area contributed by atoms with Crippen molar-refractivity contribution in [2.24, 2.45) is 0 Å². The Hall–Kier alpha value is -2.96. The summed E-state index contributed by atoms with van der Waals surface area (Å²) in [5.74, 6) is 2.36. The monoisotopic (exact) mass is 440 g/mol. The molecule has 2 heterocycles. The molecule has 0 bridgehead atoms. The van der Waals surface area contributed by atoms with E-state index in [2.05, 4.69) is 4.90 Å². The second kappa shape index (κ2) is 9.90. The highest BCUT2D eigenvalue weighted by molar-refractivity contribution is 6.30. The first-order valence-corrected chi connectivity index (χ1v) is 10.6. The molecule has 0 unspecified atom stereocenters. The first-order chi connectivity index (χ1) is 15.1. The van der Waals surface area contributed by atoms with E-state index in [1.54, 1.807) is 19.2 Å². The number of hydrogen-bond donors (Lipinski definition) is 0. The van der Waals surface area contributed by atoms with Crippen LogP contribution < -0.4 is 9.47 Å². The number of carbonyl (C=O) groups is 1. The van der Waals surface area contributed by atoms with E-state index in [4.69, 9.17) is 25.5 Å². The predicted octanol–water partition coefficient (Wildman–Crippen LogP) is 4.48. The number of piperazine rings is 1. The van der Waals surface area contributed by atoms with Crippen molar-refractivity contribution in [1.82, 2.24) is 9.80 Å². The standard InChI is InChI=1S/C24H25ClN2O4/c1-29-20-6-8-21(9-7-20)30-17-22-10-11-23(31-22)24(28)27-14-12-26(13-15-27)16-18-2-4-19(25)5-3-18/h2-11H,12-17H2,1H3. The van der Waals surface area contributed by atoms with Gasteiger partial charge < -0.3 is 18.8 Å². The van der Waals surface area contributed by atoms with Gasteiger partial charge in [-0.2, -0.15) is 0 Å². The van der Waals surface area contributed by atoms with E-state index in [-0.39, 0.29) is 12.5 Å². The Bertz CT molecular complexity index is 993. The highest BCUT2D eigenvalue weighted by Gasteiger charge is 2.24. The molecular weight excluding hydrogens is 416 g/mol. The van der Waals surface area contributed by atoms with Gasteiger partial charge in [-0.25, -0.2) is 0 Å². The third-order valence-electron chi connectivity index (χ3n) is 5.29. The van der Waals surface area contributed by atoms with Crippen LogP contribution in [0.2, 0.25) is 5.02 Å². The van der Waals surface area contributed by atoms with Crippen molar-refractivity contribution in [2.75, 3.05) is 33.3 Å². The minimum atomic E-state index is -0.0816. The second-order valence-electron chi connectivity index (χ2n) is 7.42. The van der Waals surface area contributed by atoms with Gasteiger partial charge in [-0.15, -0.1) is 0 Å². The summed E-state index contributed by atoms with van der Waals surface area (Å²) < 4.78 is 16.6. The van der Waals surface area contributed by atoms with E-state index >= 15 is 0 Å². The number of benzene rings is 2. The maximum Gasteiger partial charge on any atom is 0.289 e. The molecule has 1 fully saturated rings. The molecule has 6 nitrogen and oxygen atoms in total. The maximum absolute atomic E-state index is 12.8. The molecule has 31 heavy (non-hydrogen) atoms. The van der Waals surface area contributed by atoms with Crippen LogP contribution in [0.3, 0.4) is 0 Å². The number of furan rings is 1. The Morgan fingerprint density at radius 2 is 1.61 bits per heavy atom. The van der Waals surface area contributed by atoms with Gasteiger partial charge in [-0.05, 0) is 54.1 Å². The van der Waals surface area contributed by atoms with Crippen molar-refractivity contribution in [3.05, 3.63) is 82.8 Å². The molecule has 0 N–H and O–H groups in total. The van der Waals surface area contributed by atoms with E-state index in [0.29, 0.717) is 30.4 Å². The molecule has 3 aromatic rings. The molecule has 0 spiro atoms. The van der Waals surface area contributed by atoms with Crippen LogP contribution in [0, 0.1) is 0 Å². The lowest BCUT2D eigenvalue weighted by Crippen LogP contribution is -2.48. The number of halogens is 1. The Labute approximate surface area is 186 Å². The number of ether oxygens (including phenoxy) is 2. The molecule has 0 radical (unpaired) electrons. The summed E-state index contributed by atoms with van der Waals surface area (Å²) in [5, 5.41) is 0.742. The summed E-state index contributed by atoms with van der Waals surface area (Å²) in [5.41, 5.74) is 1.22. The van der Waals surface area contributed by atoms with Gasteiger partial charge in [-0.3, -0.25) is 9.69 Å². The van der Waals surface area contributed by atoms with Crippen LogP contribution in [0.5, 0.6) is 11.5 Å². The van der Waals surface area contributed by atoms with Gasteiger partial charge in [0.05, 0.1) is 7.11 Å². The molecule has 1 aliphatic heterocycles. The quantitative estimate of drug-likeness (QED) is 0.542. The maximum atomic E-state index is 12.8. The SMILES string of the molecule is COc1ccc(OCc2ccc(C(=O)N3CCN(Cc4ccc(Cl)cc4)CC3)o2)cc1. The fourth-order valence-corrected chi connectivity index (χ4v) is 3.64. The van der Waals surface area contributed by atoms with Gasteiger partial charge in [0.1, 0.15) is 23.9 Å². The van der Waals surface area contributed by atoms with Crippen LogP contribution in [-0.4, -0.2) is 49.0 Å². The number of nitrogens with zero attached hydrogens (tertiary/aromatic N) is 2. The predicted molar refractivity (Wildman–Crippen MR) is 119 cm³/mol. The number of hydrogen-bond acceptors (Lipinski definition) is 5. The van der Waals surface area contributed by atoms with Crippen molar-refractivity contribution in [2.45, 2.75) is 13.2 Å². The summed E-state index contributed by atoms with van der Waals surface area (Å²) in [7, 11) is 1.62. The van der Waals surface area contributed by atoms with Crippen LogP contribution in [0.15, 0.2) is 65.1 Å². The zero-order valence-corrected chi connectivity index (χ0v) is 18.2. The molecule has 1 saturated heterocycles. The summed E-state index contributed by atoms with van der Waals surface area (Å²) in [6.07, 6.45) is 0. The molecule has 7 heteroatoms. The number of methoxy groups -OCH3 is 1. The first-order valence-electron chi connectivity index (χ1n) is 10.2. The van der Waals surface area contributed by atoms with Gasteiger partial charge >= 0.3 is 0 Å². The van der Waals surface area contributed by atoms with Gasteiger partial charge in [0, 0.05) is 37.7 Å². The number of carbonyl (C=O) groups excluding carboxylic acids is 1. The van der Waals surface area contributed by atoms with Gasteiger partial charge in [0.25, 0.3) is 5.91 Å². The van der Waals surface area contributed by atoms with Crippen LogP contribution >= 0.6 is 11.6 Å². The van der Waals surface area contributed by atoms with Crippen molar-refractivity contribution < 1.29 is 18.7 Å². The molecule has 1 aromatic heterocycles. The van der Waals surface area contributed by atoms with Crippen molar-refractivity contribution in [3.63, 3.8) is 0 Å². The van der Waals surface area contributed by atoms with Gasteiger partial charge in [0.15, 0.2) is 5.76 Å². The highest BCUT2D eigenvalue weighted by atomic mass is 35.5. The molecule has 2 aromatic carbocycles. The van der Waals surface area contributed by atoms with Crippen LogP contribution in [-0.2, 0) is 13.2 Å². The minimum Gasteiger partial charge on any atom is -0.497 e. The summed E-state index contributed by atoms with van der Waals surface area (Å²) >= 11 is 5.95. The lowest BCUT2D eigenvalue weighted by atomic mass is 10.2. The lowest BCUT2D eigenvalue weighted by molar-refractivity contribution is 0.0594. The molecule has 1 amide bonds. The fraction of sp³-hybridized carbons (Fsp3) is 0.292. The number of rotatable bonds is 7. The molecule has 0 atom stereocenters. The van der Waals surface area contributed by atoms with Crippen molar-refractivity contribution in [1.29, 1.82) is 0 Å². The molecule has 4 rings (SSSR count). The van der Waals surface area contributed by atoms with Gasteiger partial charge in [-0.1, -0.05) is 23.7 Å². The Morgan fingerprint density at radius 3 is 2.29 bits per heavy atom. The smallest absolute Gasteiger partial charge is 0.289 e. The Balaban J connectivity index is 1.26. The molecule has 0 saturated carbocycles. The largest absolute Gasteiger partial charge is 0.497 e. The van der Waals surface area contributed by atoms with E-state index in [1.807, 2.05) is 53.4 Å². The first kappa shape index (κ1) is 21.3. The molecule has 162 valence electrons. The Kier molecular flexibility index (Phi) is 6.79. The molecule has 1 aliphatic rings. The third-order valence-corrected chi connectivity index (χ3v) is 5.54. The fourth-order valence-electron chi connectivity index (χ4n) is 3.51. The summed E-state index contributed by atoms with van der Waals surface area (Å²) in [6.45, 7) is 4.10.